The summed E-state index contributed by atoms with van der Waals surface area (Å²) in [6.45, 7) is 3.87. The fourth-order valence-electron chi connectivity index (χ4n) is 2.12. The van der Waals surface area contributed by atoms with Crippen molar-refractivity contribution in [3.05, 3.63) is 0 Å². The Morgan fingerprint density at radius 3 is 2.42 bits per heavy atom. The Balaban J connectivity index is 2.64. The summed E-state index contributed by atoms with van der Waals surface area (Å²) in [5.74, 6) is -1.30. The minimum absolute atomic E-state index is 0.0398. The fourth-order valence-corrected chi connectivity index (χ4v) is 3.86. The van der Waals surface area contributed by atoms with Gasteiger partial charge in [-0.2, -0.15) is 0 Å². The molecule has 0 aliphatic carbocycles. The van der Waals surface area contributed by atoms with Crippen LogP contribution in [0, 0.1) is 11.8 Å². The summed E-state index contributed by atoms with van der Waals surface area (Å²) in [5.41, 5.74) is 0. The molecule has 19 heavy (non-hydrogen) atoms. The molecule has 1 amide bonds. The Kier molecular flexibility index (Phi) is 5.34. The number of esters is 1. The van der Waals surface area contributed by atoms with Crippen molar-refractivity contribution in [3.63, 3.8) is 0 Å². The molecule has 1 rings (SSSR count). The predicted molar refractivity (Wildman–Crippen MR) is 70.2 cm³/mol. The minimum atomic E-state index is -3.10. The van der Waals surface area contributed by atoms with Crippen LogP contribution < -0.4 is 5.32 Å². The minimum Gasteiger partial charge on any atom is -0.467 e. The molecule has 110 valence electrons. The van der Waals surface area contributed by atoms with Crippen LogP contribution in [0.1, 0.15) is 26.7 Å². The standard InChI is InChI=1S/C12H21NO5S/c1-8(2)6-10(12(15)18-3)13-11(14)9-4-5-19(16,17)7-9/h8-10H,4-7H2,1-3H3,(H,13,14)/t9-,10-/m1/s1. The number of methoxy groups -OCH3 is 1. The van der Waals surface area contributed by atoms with Crippen molar-refractivity contribution in [2.75, 3.05) is 18.6 Å². The van der Waals surface area contributed by atoms with E-state index in [4.69, 9.17) is 0 Å². The molecule has 0 bridgehead atoms. The molecule has 2 atom stereocenters. The molecule has 0 saturated carbocycles. The number of sulfone groups is 1. The first-order valence-electron chi connectivity index (χ1n) is 6.34. The number of rotatable bonds is 5. The second-order valence-electron chi connectivity index (χ2n) is 5.31. The number of nitrogens with one attached hydrogen (secondary N) is 1. The van der Waals surface area contributed by atoms with Gasteiger partial charge in [0, 0.05) is 0 Å². The molecular weight excluding hydrogens is 270 g/mol. The first-order chi connectivity index (χ1) is 8.75. The van der Waals surface area contributed by atoms with Crippen molar-refractivity contribution in [3.8, 4) is 0 Å². The van der Waals surface area contributed by atoms with Gasteiger partial charge >= 0.3 is 5.97 Å². The van der Waals surface area contributed by atoms with Crippen LogP contribution in [-0.2, 0) is 24.2 Å². The summed E-state index contributed by atoms with van der Waals surface area (Å²) in [5, 5.41) is 2.60. The molecule has 1 fully saturated rings. The maximum Gasteiger partial charge on any atom is 0.328 e. The average molecular weight is 291 g/mol. The van der Waals surface area contributed by atoms with Gasteiger partial charge in [0.2, 0.25) is 5.91 Å². The van der Waals surface area contributed by atoms with Crippen molar-refractivity contribution in [2.24, 2.45) is 11.8 Å². The van der Waals surface area contributed by atoms with Gasteiger partial charge in [-0.3, -0.25) is 4.79 Å². The maximum atomic E-state index is 12.0. The van der Waals surface area contributed by atoms with Crippen LogP contribution in [0.2, 0.25) is 0 Å². The molecule has 1 N–H and O–H groups in total. The third kappa shape index (κ3) is 4.81. The van der Waals surface area contributed by atoms with Gasteiger partial charge in [0.25, 0.3) is 0 Å². The van der Waals surface area contributed by atoms with E-state index in [1.165, 1.54) is 7.11 Å². The highest BCUT2D eigenvalue weighted by Crippen LogP contribution is 2.19. The van der Waals surface area contributed by atoms with E-state index in [0.29, 0.717) is 12.8 Å². The molecule has 1 saturated heterocycles. The number of hydrogen-bond donors (Lipinski definition) is 1. The van der Waals surface area contributed by atoms with Crippen molar-refractivity contribution < 1.29 is 22.7 Å². The lowest BCUT2D eigenvalue weighted by atomic mass is 10.0. The van der Waals surface area contributed by atoms with Crippen LogP contribution in [0.3, 0.4) is 0 Å². The number of ether oxygens (including phenoxy) is 1. The summed E-state index contributed by atoms with van der Waals surface area (Å²) in [7, 11) is -1.84. The molecule has 0 spiro atoms. The molecule has 1 aliphatic heterocycles. The zero-order chi connectivity index (χ0) is 14.6. The van der Waals surface area contributed by atoms with Crippen LogP contribution in [0.15, 0.2) is 0 Å². The van der Waals surface area contributed by atoms with E-state index >= 15 is 0 Å². The largest absolute Gasteiger partial charge is 0.467 e. The summed E-state index contributed by atoms with van der Waals surface area (Å²) in [6.07, 6.45) is 0.793. The third-order valence-corrected chi connectivity index (χ3v) is 4.88. The Morgan fingerprint density at radius 1 is 1.37 bits per heavy atom. The van der Waals surface area contributed by atoms with Gasteiger partial charge in [0.05, 0.1) is 24.5 Å². The van der Waals surface area contributed by atoms with Gasteiger partial charge in [0.1, 0.15) is 6.04 Å². The second kappa shape index (κ2) is 6.36. The highest BCUT2D eigenvalue weighted by atomic mass is 32.2. The number of carbonyl (C=O) groups excluding carboxylic acids is 2. The SMILES string of the molecule is COC(=O)[C@@H](CC(C)C)NC(=O)[C@@H]1CCS(=O)(=O)C1. The smallest absolute Gasteiger partial charge is 0.328 e. The van der Waals surface area contributed by atoms with E-state index < -0.39 is 27.8 Å². The van der Waals surface area contributed by atoms with E-state index in [-0.39, 0.29) is 23.3 Å². The topological polar surface area (TPSA) is 89.5 Å². The van der Waals surface area contributed by atoms with Crippen LogP contribution in [0.5, 0.6) is 0 Å². The van der Waals surface area contributed by atoms with Crippen LogP contribution in [-0.4, -0.2) is 45.0 Å². The third-order valence-electron chi connectivity index (χ3n) is 3.11. The summed E-state index contributed by atoms with van der Waals surface area (Å²) in [4.78, 5) is 23.5. The van der Waals surface area contributed by atoms with Gasteiger partial charge in [0.15, 0.2) is 9.84 Å². The lowest BCUT2D eigenvalue weighted by Gasteiger charge is -2.19. The first kappa shape index (κ1) is 15.9. The molecule has 6 nitrogen and oxygen atoms in total. The van der Waals surface area contributed by atoms with Gasteiger partial charge in [-0.25, -0.2) is 13.2 Å². The highest BCUT2D eigenvalue weighted by molar-refractivity contribution is 7.91. The fraction of sp³-hybridized carbons (Fsp3) is 0.833. The lowest BCUT2D eigenvalue weighted by Crippen LogP contribution is -2.45. The van der Waals surface area contributed by atoms with Crippen molar-refractivity contribution in [2.45, 2.75) is 32.7 Å². The van der Waals surface area contributed by atoms with Crippen LogP contribution in [0.25, 0.3) is 0 Å². The van der Waals surface area contributed by atoms with Gasteiger partial charge in [-0.05, 0) is 18.8 Å². The van der Waals surface area contributed by atoms with E-state index in [9.17, 15) is 18.0 Å². The Morgan fingerprint density at radius 2 is 2.00 bits per heavy atom. The highest BCUT2D eigenvalue weighted by Gasteiger charge is 2.35. The number of hydrogen-bond acceptors (Lipinski definition) is 5. The zero-order valence-electron chi connectivity index (χ0n) is 11.5. The first-order valence-corrected chi connectivity index (χ1v) is 8.16. The van der Waals surface area contributed by atoms with Gasteiger partial charge < -0.3 is 10.1 Å². The maximum absolute atomic E-state index is 12.0. The monoisotopic (exact) mass is 291 g/mol. The van der Waals surface area contributed by atoms with E-state index in [1.54, 1.807) is 0 Å². The zero-order valence-corrected chi connectivity index (χ0v) is 12.3. The Hall–Kier alpha value is -1.11. The molecule has 1 aliphatic rings. The molecule has 0 aromatic heterocycles. The van der Waals surface area contributed by atoms with Crippen molar-refractivity contribution >= 4 is 21.7 Å². The summed E-state index contributed by atoms with van der Waals surface area (Å²) in [6, 6.07) is -0.708. The molecule has 1 heterocycles. The van der Waals surface area contributed by atoms with E-state index in [1.807, 2.05) is 13.8 Å². The number of amides is 1. The lowest BCUT2D eigenvalue weighted by molar-refractivity contribution is -0.146. The molecular formula is C12H21NO5S. The summed E-state index contributed by atoms with van der Waals surface area (Å²) >= 11 is 0. The van der Waals surface area contributed by atoms with Crippen molar-refractivity contribution in [1.82, 2.24) is 5.32 Å². The van der Waals surface area contributed by atoms with Gasteiger partial charge in [-0.15, -0.1) is 0 Å². The van der Waals surface area contributed by atoms with E-state index in [2.05, 4.69) is 10.1 Å². The van der Waals surface area contributed by atoms with E-state index in [0.717, 1.165) is 0 Å². The van der Waals surface area contributed by atoms with Gasteiger partial charge in [-0.1, -0.05) is 13.8 Å². The Labute approximate surface area is 113 Å². The predicted octanol–water partition coefficient (Wildman–Crippen LogP) is 0.125. The Bertz CT molecular complexity index is 443. The second-order valence-corrected chi connectivity index (χ2v) is 7.54. The molecule has 0 unspecified atom stereocenters. The normalized spacial score (nSPS) is 23.1. The molecule has 0 aromatic carbocycles. The molecule has 0 radical (unpaired) electrons. The van der Waals surface area contributed by atoms with Crippen LogP contribution >= 0.6 is 0 Å². The average Bonchev–Trinajstić information content (AvgIpc) is 2.67. The number of carbonyl (C=O) groups is 2. The van der Waals surface area contributed by atoms with Crippen LogP contribution in [0.4, 0.5) is 0 Å². The quantitative estimate of drug-likeness (QED) is 0.727. The molecule has 0 aromatic rings. The summed E-state index contributed by atoms with van der Waals surface area (Å²) < 4.78 is 27.3. The molecule has 7 heteroatoms. The van der Waals surface area contributed by atoms with Crippen molar-refractivity contribution in [1.29, 1.82) is 0 Å².